The molecule has 0 saturated heterocycles. The molecular weight excluding hydrogens is 422 g/mol. The van der Waals surface area contributed by atoms with Crippen LogP contribution in [0.3, 0.4) is 0 Å². The molecule has 3 N–H and O–H groups in total. The minimum Gasteiger partial charge on any atom is -0.481 e. The van der Waals surface area contributed by atoms with E-state index in [0.29, 0.717) is 17.6 Å². The number of likely N-dealkylation sites (N-methyl/N-ethyl adjacent to an activating group) is 1. The molecule has 2 aromatic carbocycles. The van der Waals surface area contributed by atoms with E-state index in [9.17, 15) is 19.5 Å². The summed E-state index contributed by atoms with van der Waals surface area (Å²) in [6.45, 7) is 1.09. The van der Waals surface area contributed by atoms with E-state index >= 15 is 0 Å². The number of benzene rings is 2. The molecule has 2 rings (SSSR count). The van der Waals surface area contributed by atoms with Gasteiger partial charge in [-0.05, 0) is 17.5 Å². The normalized spacial score (nSPS) is 12.9. The van der Waals surface area contributed by atoms with Gasteiger partial charge in [-0.2, -0.15) is 0 Å². The number of amides is 2. The number of hydrogen-bond donors (Lipinski definition) is 3. The van der Waals surface area contributed by atoms with E-state index in [4.69, 9.17) is 4.74 Å². The second-order valence-corrected chi connectivity index (χ2v) is 9.09. The van der Waals surface area contributed by atoms with Gasteiger partial charge in [-0.25, -0.2) is 4.79 Å². The number of ether oxygens (including phenoxy) is 1. The Balaban J connectivity index is 2.24. The molecule has 0 aliphatic carbocycles. The molecule has 0 saturated carbocycles. The number of carbonyl (C=O) groups is 3. The average molecular weight is 457 g/mol. The van der Waals surface area contributed by atoms with Crippen LogP contribution in [0.5, 0.6) is 0 Å². The van der Waals surface area contributed by atoms with Crippen LogP contribution in [0.4, 0.5) is 4.79 Å². The SMILES string of the molecule is C[N+](C)(C)CCNC(=O)[C@@](CCC(=O)O)(Cc1ccccc1)NC(=O)OCc1ccccc1. The Kier molecular flexibility index (Phi) is 9.42. The maximum Gasteiger partial charge on any atom is 0.408 e. The van der Waals surface area contributed by atoms with Gasteiger partial charge in [-0.15, -0.1) is 0 Å². The Labute approximate surface area is 195 Å². The molecule has 2 aromatic rings. The van der Waals surface area contributed by atoms with E-state index in [0.717, 1.165) is 11.1 Å². The summed E-state index contributed by atoms with van der Waals surface area (Å²) in [4.78, 5) is 37.5. The Bertz CT molecular complexity index is 913. The number of nitrogens with zero attached hydrogens (tertiary/aromatic N) is 1. The predicted octanol–water partition coefficient (Wildman–Crippen LogP) is 2.58. The summed E-state index contributed by atoms with van der Waals surface area (Å²) in [5.74, 6) is -1.48. The summed E-state index contributed by atoms with van der Waals surface area (Å²) >= 11 is 0. The number of alkyl carbamates (subject to hydrolysis) is 1. The Hall–Kier alpha value is -3.39. The van der Waals surface area contributed by atoms with Crippen LogP contribution in [0.2, 0.25) is 0 Å². The summed E-state index contributed by atoms with van der Waals surface area (Å²) in [5.41, 5.74) is 0.130. The second-order valence-electron chi connectivity index (χ2n) is 9.09. The molecular formula is C25H34N3O5+. The average Bonchev–Trinajstić information content (AvgIpc) is 2.76. The summed E-state index contributed by atoms with van der Waals surface area (Å²) in [6, 6.07) is 18.4. The maximum absolute atomic E-state index is 13.4. The highest BCUT2D eigenvalue weighted by atomic mass is 16.5. The minimum atomic E-state index is -1.47. The number of aliphatic carboxylic acids is 1. The Morgan fingerprint density at radius 1 is 0.939 bits per heavy atom. The lowest BCUT2D eigenvalue weighted by atomic mass is 9.85. The number of hydrogen-bond acceptors (Lipinski definition) is 4. The lowest BCUT2D eigenvalue weighted by molar-refractivity contribution is -0.869. The predicted molar refractivity (Wildman–Crippen MR) is 125 cm³/mol. The number of carbonyl (C=O) groups excluding carboxylic acids is 2. The first-order valence-electron chi connectivity index (χ1n) is 10.9. The zero-order valence-electron chi connectivity index (χ0n) is 19.5. The van der Waals surface area contributed by atoms with Gasteiger partial charge in [-0.3, -0.25) is 9.59 Å². The van der Waals surface area contributed by atoms with E-state index in [1.165, 1.54) is 0 Å². The molecule has 8 nitrogen and oxygen atoms in total. The standard InChI is InChI=1S/C25H33N3O5/c1-28(2,3)17-16-26-23(31)25(15-14-22(29)30,18-20-10-6-4-7-11-20)27-24(32)33-19-21-12-8-5-9-13-21/h4-13H,14-19H2,1-3H3,(H2-,26,27,29,30,31,32)/p+1/t25-/m1/s1. The molecule has 178 valence electrons. The van der Waals surface area contributed by atoms with Crippen LogP contribution in [0.25, 0.3) is 0 Å². The van der Waals surface area contributed by atoms with Gasteiger partial charge >= 0.3 is 12.1 Å². The molecule has 8 heteroatoms. The van der Waals surface area contributed by atoms with Crippen molar-refractivity contribution in [3.8, 4) is 0 Å². The summed E-state index contributed by atoms with van der Waals surface area (Å²) in [6.07, 6.45) is -0.998. The van der Waals surface area contributed by atoms with Crippen molar-refractivity contribution in [3.05, 3.63) is 71.8 Å². The number of quaternary nitrogens is 1. The van der Waals surface area contributed by atoms with Gasteiger partial charge in [0.15, 0.2) is 0 Å². The van der Waals surface area contributed by atoms with Crippen molar-refractivity contribution in [2.24, 2.45) is 0 Å². The monoisotopic (exact) mass is 456 g/mol. The first kappa shape index (κ1) is 25.9. The van der Waals surface area contributed by atoms with Crippen LogP contribution >= 0.6 is 0 Å². The second kappa shape index (κ2) is 12.0. The quantitative estimate of drug-likeness (QED) is 0.426. The van der Waals surface area contributed by atoms with Gasteiger partial charge < -0.3 is 25.0 Å². The first-order chi connectivity index (χ1) is 15.6. The van der Waals surface area contributed by atoms with Crippen molar-refractivity contribution >= 4 is 18.0 Å². The van der Waals surface area contributed by atoms with Gasteiger partial charge in [0.1, 0.15) is 12.1 Å². The van der Waals surface area contributed by atoms with E-state index < -0.39 is 23.5 Å². The van der Waals surface area contributed by atoms with E-state index in [-0.39, 0.29) is 25.9 Å². The fourth-order valence-electron chi connectivity index (χ4n) is 3.34. The largest absolute Gasteiger partial charge is 0.481 e. The first-order valence-corrected chi connectivity index (χ1v) is 10.9. The Morgan fingerprint density at radius 3 is 2.06 bits per heavy atom. The molecule has 33 heavy (non-hydrogen) atoms. The van der Waals surface area contributed by atoms with Gasteiger partial charge in [-0.1, -0.05) is 60.7 Å². The van der Waals surface area contributed by atoms with Gasteiger partial charge in [0.05, 0.1) is 34.2 Å². The Morgan fingerprint density at radius 2 is 1.52 bits per heavy atom. The molecule has 1 atom stereocenters. The van der Waals surface area contributed by atoms with Crippen LogP contribution in [-0.2, 0) is 27.4 Å². The van der Waals surface area contributed by atoms with Crippen LogP contribution in [0.1, 0.15) is 24.0 Å². The van der Waals surface area contributed by atoms with Gasteiger partial charge in [0.2, 0.25) is 5.91 Å². The third kappa shape index (κ3) is 9.33. The molecule has 0 aliphatic rings. The maximum atomic E-state index is 13.4. The number of carboxylic acid groups (broad SMARTS) is 1. The molecule has 0 fully saturated rings. The fraction of sp³-hybridized carbons (Fsp3) is 0.400. The highest BCUT2D eigenvalue weighted by molar-refractivity contribution is 5.90. The topological polar surface area (TPSA) is 105 Å². The molecule has 0 aromatic heterocycles. The number of rotatable bonds is 12. The summed E-state index contributed by atoms with van der Waals surface area (Å²) in [7, 11) is 6.02. The van der Waals surface area contributed by atoms with Crippen LogP contribution < -0.4 is 10.6 Å². The highest BCUT2D eigenvalue weighted by Crippen LogP contribution is 2.21. The zero-order valence-corrected chi connectivity index (χ0v) is 19.5. The van der Waals surface area contributed by atoms with Crippen molar-refractivity contribution in [2.45, 2.75) is 31.4 Å². The molecule has 0 unspecified atom stereocenters. The highest BCUT2D eigenvalue weighted by Gasteiger charge is 2.41. The van der Waals surface area contributed by atoms with Crippen molar-refractivity contribution in [2.75, 3.05) is 34.2 Å². The van der Waals surface area contributed by atoms with E-state index in [2.05, 4.69) is 10.6 Å². The lowest BCUT2D eigenvalue weighted by Crippen LogP contribution is -2.61. The van der Waals surface area contributed by atoms with Crippen molar-refractivity contribution in [1.82, 2.24) is 10.6 Å². The molecule has 2 amide bonds. The fourth-order valence-corrected chi connectivity index (χ4v) is 3.34. The molecule has 0 aliphatic heterocycles. The smallest absolute Gasteiger partial charge is 0.408 e. The molecule has 0 radical (unpaired) electrons. The van der Waals surface area contributed by atoms with E-state index in [1.807, 2.05) is 81.8 Å². The van der Waals surface area contributed by atoms with Crippen molar-refractivity contribution in [1.29, 1.82) is 0 Å². The summed E-state index contributed by atoms with van der Waals surface area (Å²) in [5, 5.41) is 14.9. The van der Waals surface area contributed by atoms with E-state index in [1.54, 1.807) is 0 Å². The van der Waals surface area contributed by atoms with Crippen molar-refractivity contribution in [3.63, 3.8) is 0 Å². The van der Waals surface area contributed by atoms with Crippen molar-refractivity contribution < 1.29 is 28.7 Å². The number of nitrogens with one attached hydrogen (secondary N) is 2. The lowest BCUT2D eigenvalue weighted by Gasteiger charge is -2.33. The third-order valence-corrected chi connectivity index (χ3v) is 5.17. The van der Waals surface area contributed by atoms with Gasteiger partial charge in [0, 0.05) is 12.8 Å². The molecule has 0 spiro atoms. The zero-order chi connectivity index (χ0) is 24.3. The van der Waals surface area contributed by atoms with Gasteiger partial charge in [0.25, 0.3) is 0 Å². The number of carboxylic acids is 1. The van der Waals surface area contributed by atoms with Crippen LogP contribution in [0, 0.1) is 0 Å². The summed E-state index contributed by atoms with van der Waals surface area (Å²) < 4.78 is 6.00. The van der Waals surface area contributed by atoms with Crippen LogP contribution in [0.15, 0.2) is 60.7 Å². The van der Waals surface area contributed by atoms with Crippen LogP contribution in [-0.4, -0.2) is 67.3 Å². The molecule has 0 heterocycles. The molecule has 0 bridgehead atoms. The minimum absolute atomic E-state index is 0.0378. The third-order valence-electron chi connectivity index (χ3n) is 5.17.